The normalized spacial score (nSPS) is 40.7. The highest BCUT2D eigenvalue weighted by Crippen LogP contribution is 2.35. The SMILES string of the molecule is CC1(CNC(=O)C2CCC(N)C2)CCCCC1O. The Kier molecular flexibility index (Phi) is 4.28. The van der Waals surface area contributed by atoms with Crippen LogP contribution in [0.5, 0.6) is 0 Å². The van der Waals surface area contributed by atoms with Crippen LogP contribution in [-0.2, 0) is 4.79 Å². The largest absolute Gasteiger partial charge is 0.392 e. The zero-order chi connectivity index (χ0) is 13.2. The number of rotatable bonds is 3. The van der Waals surface area contributed by atoms with E-state index in [0.29, 0.717) is 6.54 Å². The molecule has 0 bridgehead atoms. The van der Waals surface area contributed by atoms with E-state index in [1.54, 1.807) is 0 Å². The van der Waals surface area contributed by atoms with Gasteiger partial charge in [0.15, 0.2) is 0 Å². The van der Waals surface area contributed by atoms with Crippen LogP contribution >= 0.6 is 0 Å². The van der Waals surface area contributed by atoms with E-state index in [-0.39, 0.29) is 29.4 Å². The third kappa shape index (κ3) is 3.04. The fraction of sp³-hybridized carbons (Fsp3) is 0.929. The molecule has 18 heavy (non-hydrogen) atoms. The molecule has 2 rings (SSSR count). The highest BCUT2D eigenvalue weighted by atomic mass is 16.3. The average Bonchev–Trinajstić information content (AvgIpc) is 2.77. The molecule has 0 aliphatic heterocycles. The molecule has 0 heterocycles. The van der Waals surface area contributed by atoms with Gasteiger partial charge in [-0.25, -0.2) is 0 Å². The standard InChI is InChI=1S/C14H26N2O2/c1-14(7-3-2-4-12(14)17)9-16-13(18)10-5-6-11(15)8-10/h10-12,17H,2-9,15H2,1H3,(H,16,18). The van der Waals surface area contributed by atoms with E-state index in [2.05, 4.69) is 12.2 Å². The summed E-state index contributed by atoms with van der Waals surface area (Å²) in [5.41, 5.74) is 5.69. The van der Waals surface area contributed by atoms with Gasteiger partial charge in [0.05, 0.1) is 6.10 Å². The Bertz CT molecular complexity index is 308. The van der Waals surface area contributed by atoms with Crippen LogP contribution in [0.2, 0.25) is 0 Å². The van der Waals surface area contributed by atoms with Crippen LogP contribution in [0.1, 0.15) is 51.9 Å². The van der Waals surface area contributed by atoms with Crippen LogP contribution in [0.15, 0.2) is 0 Å². The molecule has 0 aromatic carbocycles. The van der Waals surface area contributed by atoms with Crippen molar-refractivity contribution in [1.82, 2.24) is 5.32 Å². The minimum Gasteiger partial charge on any atom is -0.392 e. The summed E-state index contributed by atoms with van der Waals surface area (Å²) >= 11 is 0. The molecule has 2 aliphatic carbocycles. The lowest BCUT2D eigenvalue weighted by Gasteiger charge is -2.38. The Morgan fingerprint density at radius 3 is 2.78 bits per heavy atom. The quantitative estimate of drug-likeness (QED) is 0.707. The molecule has 0 spiro atoms. The van der Waals surface area contributed by atoms with Crippen molar-refractivity contribution in [2.75, 3.05) is 6.54 Å². The summed E-state index contributed by atoms with van der Waals surface area (Å²) in [6.07, 6.45) is 6.51. The van der Waals surface area contributed by atoms with Gasteiger partial charge in [-0.15, -0.1) is 0 Å². The van der Waals surface area contributed by atoms with Crippen LogP contribution in [0.3, 0.4) is 0 Å². The Hall–Kier alpha value is -0.610. The maximum absolute atomic E-state index is 12.0. The molecule has 4 nitrogen and oxygen atoms in total. The van der Waals surface area contributed by atoms with Crippen molar-refractivity contribution < 1.29 is 9.90 Å². The minimum atomic E-state index is -0.280. The number of carbonyl (C=O) groups is 1. The molecule has 1 amide bonds. The highest BCUT2D eigenvalue weighted by Gasteiger charge is 2.36. The van der Waals surface area contributed by atoms with E-state index in [1.807, 2.05) is 0 Å². The third-order valence-electron chi connectivity index (χ3n) is 4.79. The van der Waals surface area contributed by atoms with Gasteiger partial charge in [-0.2, -0.15) is 0 Å². The first-order valence-corrected chi connectivity index (χ1v) is 7.22. The van der Waals surface area contributed by atoms with E-state index >= 15 is 0 Å². The molecule has 104 valence electrons. The van der Waals surface area contributed by atoms with Gasteiger partial charge in [0.25, 0.3) is 0 Å². The van der Waals surface area contributed by atoms with E-state index in [9.17, 15) is 9.90 Å². The summed E-state index contributed by atoms with van der Waals surface area (Å²) < 4.78 is 0. The Balaban J connectivity index is 1.81. The predicted octanol–water partition coefficient (Wildman–Crippen LogP) is 1.17. The summed E-state index contributed by atoms with van der Waals surface area (Å²) in [6.45, 7) is 2.68. The topological polar surface area (TPSA) is 75.4 Å². The molecule has 2 saturated carbocycles. The van der Waals surface area contributed by atoms with E-state index in [1.165, 1.54) is 0 Å². The second kappa shape index (κ2) is 5.57. The summed E-state index contributed by atoms with van der Waals surface area (Å²) in [7, 11) is 0. The molecular weight excluding hydrogens is 228 g/mol. The van der Waals surface area contributed by atoms with E-state index < -0.39 is 0 Å². The zero-order valence-electron chi connectivity index (χ0n) is 11.3. The van der Waals surface area contributed by atoms with Crippen molar-refractivity contribution in [1.29, 1.82) is 0 Å². The maximum Gasteiger partial charge on any atom is 0.223 e. The molecule has 0 radical (unpaired) electrons. The third-order valence-corrected chi connectivity index (χ3v) is 4.79. The molecule has 4 unspecified atom stereocenters. The molecule has 4 atom stereocenters. The smallest absolute Gasteiger partial charge is 0.223 e. The number of hydrogen-bond acceptors (Lipinski definition) is 3. The number of nitrogens with two attached hydrogens (primary N) is 1. The van der Waals surface area contributed by atoms with Gasteiger partial charge in [0, 0.05) is 23.9 Å². The van der Waals surface area contributed by atoms with Gasteiger partial charge in [0.1, 0.15) is 0 Å². The predicted molar refractivity (Wildman–Crippen MR) is 70.9 cm³/mol. The number of carbonyl (C=O) groups excluding carboxylic acids is 1. The van der Waals surface area contributed by atoms with Gasteiger partial charge in [0.2, 0.25) is 5.91 Å². The van der Waals surface area contributed by atoms with Crippen molar-refractivity contribution in [3.8, 4) is 0 Å². The van der Waals surface area contributed by atoms with Crippen molar-refractivity contribution in [3.05, 3.63) is 0 Å². The van der Waals surface area contributed by atoms with Gasteiger partial charge >= 0.3 is 0 Å². The van der Waals surface area contributed by atoms with Gasteiger partial charge in [-0.1, -0.05) is 19.8 Å². The lowest BCUT2D eigenvalue weighted by Crippen LogP contribution is -2.46. The molecule has 2 fully saturated rings. The van der Waals surface area contributed by atoms with Crippen molar-refractivity contribution >= 4 is 5.91 Å². The lowest BCUT2D eigenvalue weighted by atomic mass is 9.73. The number of aliphatic hydroxyl groups is 1. The monoisotopic (exact) mass is 254 g/mol. The summed E-state index contributed by atoms with van der Waals surface area (Å²) in [6, 6.07) is 0.191. The molecule has 2 aliphatic rings. The first kappa shape index (κ1) is 13.8. The van der Waals surface area contributed by atoms with Crippen LogP contribution < -0.4 is 11.1 Å². The van der Waals surface area contributed by atoms with Gasteiger partial charge in [-0.3, -0.25) is 4.79 Å². The number of hydrogen-bond donors (Lipinski definition) is 3. The van der Waals surface area contributed by atoms with Crippen LogP contribution in [-0.4, -0.2) is 29.7 Å². The average molecular weight is 254 g/mol. The first-order chi connectivity index (χ1) is 8.51. The Morgan fingerprint density at radius 2 is 2.17 bits per heavy atom. The molecule has 0 aromatic heterocycles. The number of amides is 1. The minimum absolute atomic E-state index is 0.0873. The molecule has 4 N–H and O–H groups in total. The Labute approximate surface area is 109 Å². The van der Waals surface area contributed by atoms with Crippen LogP contribution in [0.4, 0.5) is 0 Å². The van der Waals surface area contributed by atoms with Crippen molar-refractivity contribution in [2.45, 2.75) is 64.0 Å². The second-order valence-corrected chi connectivity index (χ2v) is 6.40. The van der Waals surface area contributed by atoms with Crippen molar-refractivity contribution in [2.24, 2.45) is 17.1 Å². The summed E-state index contributed by atoms with van der Waals surface area (Å²) in [4.78, 5) is 12.0. The maximum atomic E-state index is 12.0. The van der Waals surface area contributed by atoms with Crippen LogP contribution in [0, 0.1) is 11.3 Å². The molecule has 0 aromatic rings. The van der Waals surface area contributed by atoms with Gasteiger partial charge < -0.3 is 16.2 Å². The number of nitrogens with one attached hydrogen (secondary N) is 1. The Morgan fingerprint density at radius 1 is 1.39 bits per heavy atom. The zero-order valence-corrected chi connectivity index (χ0v) is 11.3. The molecule has 0 saturated heterocycles. The van der Waals surface area contributed by atoms with E-state index in [0.717, 1.165) is 44.9 Å². The van der Waals surface area contributed by atoms with Gasteiger partial charge in [-0.05, 0) is 32.1 Å². The summed E-state index contributed by atoms with van der Waals surface area (Å²) in [5, 5.41) is 13.1. The molecular formula is C14H26N2O2. The van der Waals surface area contributed by atoms with Crippen LogP contribution in [0.25, 0.3) is 0 Å². The summed E-state index contributed by atoms with van der Waals surface area (Å²) in [5.74, 6) is 0.214. The fourth-order valence-corrected chi connectivity index (χ4v) is 3.28. The fourth-order valence-electron chi connectivity index (χ4n) is 3.28. The second-order valence-electron chi connectivity index (χ2n) is 6.40. The highest BCUT2D eigenvalue weighted by molar-refractivity contribution is 5.79. The van der Waals surface area contributed by atoms with E-state index in [4.69, 9.17) is 5.73 Å². The first-order valence-electron chi connectivity index (χ1n) is 7.22. The van der Waals surface area contributed by atoms with Crippen molar-refractivity contribution in [3.63, 3.8) is 0 Å². The molecule has 4 heteroatoms. The lowest BCUT2D eigenvalue weighted by molar-refractivity contribution is -0.126. The number of aliphatic hydroxyl groups excluding tert-OH is 1.